The normalized spacial score (nSPS) is 11.8. The van der Waals surface area contributed by atoms with Gasteiger partial charge in [-0.05, 0) is 0 Å². The lowest BCUT2D eigenvalue weighted by atomic mass is 10.5. The standard InChI is InChI=1S/C6H14N6/c1-7-11-9-5-3-4-6-10-12-8-2/h3-4H,5-6H2,1-2H3,(H,7,9)(H,8,10)/b4-3-. The fraction of sp³-hybridized carbons (Fsp3) is 0.667. The lowest BCUT2D eigenvalue weighted by Crippen LogP contribution is -2.06. The highest BCUT2D eigenvalue weighted by Gasteiger charge is 1.74. The van der Waals surface area contributed by atoms with Gasteiger partial charge in [0.15, 0.2) is 0 Å². The molecule has 2 N–H and O–H groups in total. The van der Waals surface area contributed by atoms with Gasteiger partial charge in [-0.2, -0.15) is 10.2 Å². The third kappa shape index (κ3) is 8.54. The number of nitrogens with zero attached hydrogens (tertiary/aromatic N) is 4. The summed E-state index contributed by atoms with van der Waals surface area (Å²) in [5, 5.41) is 14.2. The first-order valence-corrected chi connectivity index (χ1v) is 3.60. The SMILES string of the molecule is CN=NNC/C=C\CNN=NC. The molecule has 0 aromatic heterocycles. The molecule has 0 fully saturated rings. The molecule has 0 unspecified atom stereocenters. The van der Waals surface area contributed by atoms with Crippen molar-refractivity contribution >= 4 is 0 Å². The van der Waals surface area contributed by atoms with Crippen molar-refractivity contribution in [3.05, 3.63) is 12.2 Å². The Hall–Kier alpha value is -1.46. The van der Waals surface area contributed by atoms with Crippen molar-refractivity contribution in [1.29, 1.82) is 0 Å². The first-order valence-electron chi connectivity index (χ1n) is 3.60. The molecule has 0 amide bonds. The van der Waals surface area contributed by atoms with Gasteiger partial charge in [-0.25, -0.2) is 0 Å². The van der Waals surface area contributed by atoms with E-state index in [0.29, 0.717) is 13.1 Å². The van der Waals surface area contributed by atoms with E-state index in [4.69, 9.17) is 0 Å². The lowest BCUT2D eigenvalue weighted by molar-refractivity contribution is 0.737. The molecule has 0 rings (SSSR count). The highest BCUT2D eigenvalue weighted by molar-refractivity contribution is 4.84. The monoisotopic (exact) mass is 170 g/mol. The number of nitrogens with one attached hydrogen (secondary N) is 2. The minimum absolute atomic E-state index is 0.669. The molecular weight excluding hydrogens is 156 g/mol. The van der Waals surface area contributed by atoms with E-state index in [1.807, 2.05) is 12.2 Å². The summed E-state index contributed by atoms with van der Waals surface area (Å²) in [5.41, 5.74) is 5.43. The molecule has 0 radical (unpaired) electrons. The second-order valence-electron chi connectivity index (χ2n) is 1.80. The highest BCUT2D eigenvalue weighted by Crippen LogP contribution is 1.71. The fourth-order valence-electron chi connectivity index (χ4n) is 0.495. The molecule has 0 aromatic rings. The first-order chi connectivity index (χ1) is 5.91. The maximum absolute atomic E-state index is 3.57. The van der Waals surface area contributed by atoms with Crippen molar-refractivity contribution in [2.24, 2.45) is 20.7 Å². The van der Waals surface area contributed by atoms with Gasteiger partial charge in [0, 0.05) is 0 Å². The summed E-state index contributed by atoms with van der Waals surface area (Å²) in [6, 6.07) is 0. The predicted octanol–water partition coefficient (Wildman–Crippen LogP) is 0.716. The third-order valence-electron chi connectivity index (χ3n) is 0.926. The summed E-state index contributed by atoms with van der Waals surface area (Å²) in [6.07, 6.45) is 3.85. The summed E-state index contributed by atoms with van der Waals surface area (Å²) in [6.45, 7) is 1.34. The molecular formula is C6H14N6. The predicted molar refractivity (Wildman–Crippen MR) is 46.7 cm³/mol. The van der Waals surface area contributed by atoms with Crippen molar-refractivity contribution in [3.8, 4) is 0 Å². The highest BCUT2D eigenvalue weighted by atomic mass is 15.4. The molecule has 0 aliphatic rings. The molecule has 12 heavy (non-hydrogen) atoms. The van der Waals surface area contributed by atoms with Crippen molar-refractivity contribution in [3.63, 3.8) is 0 Å². The molecule has 0 atom stereocenters. The van der Waals surface area contributed by atoms with Crippen molar-refractivity contribution in [2.75, 3.05) is 27.2 Å². The van der Waals surface area contributed by atoms with Gasteiger partial charge in [-0.1, -0.05) is 22.6 Å². The smallest absolute Gasteiger partial charge is 0.0528 e. The molecule has 0 aliphatic carbocycles. The van der Waals surface area contributed by atoms with E-state index >= 15 is 0 Å². The fourth-order valence-corrected chi connectivity index (χ4v) is 0.495. The van der Waals surface area contributed by atoms with E-state index in [9.17, 15) is 0 Å². The molecule has 0 heterocycles. The number of hydrogen-bond donors (Lipinski definition) is 2. The summed E-state index contributed by atoms with van der Waals surface area (Å²) >= 11 is 0. The molecule has 0 aliphatic heterocycles. The Morgan fingerprint density at radius 3 is 1.67 bits per heavy atom. The van der Waals surface area contributed by atoms with Crippen molar-refractivity contribution in [2.45, 2.75) is 0 Å². The van der Waals surface area contributed by atoms with Crippen LogP contribution in [0.3, 0.4) is 0 Å². The molecule has 0 spiro atoms. The zero-order chi connectivity index (χ0) is 9.07. The van der Waals surface area contributed by atoms with Gasteiger partial charge in [-0.15, -0.1) is 0 Å². The third-order valence-corrected chi connectivity index (χ3v) is 0.926. The first kappa shape index (κ1) is 10.5. The minimum Gasteiger partial charge on any atom is -0.288 e. The Morgan fingerprint density at radius 2 is 1.33 bits per heavy atom. The average molecular weight is 170 g/mol. The van der Waals surface area contributed by atoms with Crippen LogP contribution in [0.25, 0.3) is 0 Å². The molecule has 0 aromatic carbocycles. The van der Waals surface area contributed by atoms with Crippen LogP contribution in [-0.4, -0.2) is 27.2 Å². The Morgan fingerprint density at radius 1 is 0.917 bits per heavy atom. The van der Waals surface area contributed by atoms with E-state index in [2.05, 4.69) is 31.5 Å². The summed E-state index contributed by atoms with van der Waals surface area (Å²) in [4.78, 5) is 0. The van der Waals surface area contributed by atoms with Crippen LogP contribution in [0.2, 0.25) is 0 Å². The van der Waals surface area contributed by atoms with Crippen LogP contribution in [-0.2, 0) is 0 Å². The topological polar surface area (TPSA) is 73.5 Å². The summed E-state index contributed by atoms with van der Waals surface area (Å²) in [5.74, 6) is 0. The van der Waals surface area contributed by atoms with Crippen molar-refractivity contribution in [1.82, 2.24) is 10.9 Å². The van der Waals surface area contributed by atoms with E-state index in [-0.39, 0.29) is 0 Å². The lowest BCUT2D eigenvalue weighted by Gasteiger charge is -1.91. The molecule has 68 valence electrons. The Balaban J connectivity index is 3.14. The zero-order valence-corrected chi connectivity index (χ0v) is 7.36. The molecule has 6 nitrogen and oxygen atoms in total. The van der Waals surface area contributed by atoms with Crippen LogP contribution < -0.4 is 10.9 Å². The maximum Gasteiger partial charge on any atom is 0.0528 e. The largest absolute Gasteiger partial charge is 0.288 e. The van der Waals surface area contributed by atoms with Crippen LogP contribution in [0.5, 0.6) is 0 Å². The molecule has 0 bridgehead atoms. The van der Waals surface area contributed by atoms with Gasteiger partial charge >= 0.3 is 0 Å². The summed E-state index contributed by atoms with van der Waals surface area (Å²) < 4.78 is 0. The van der Waals surface area contributed by atoms with Crippen LogP contribution in [0.4, 0.5) is 0 Å². The second-order valence-corrected chi connectivity index (χ2v) is 1.80. The van der Waals surface area contributed by atoms with Crippen LogP contribution in [0.15, 0.2) is 32.8 Å². The Labute approximate surface area is 71.8 Å². The number of rotatable bonds is 6. The quantitative estimate of drug-likeness (QED) is 0.267. The van der Waals surface area contributed by atoms with E-state index in [1.165, 1.54) is 0 Å². The molecule has 6 heteroatoms. The number of hydrogen-bond acceptors (Lipinski definition) is 4. The minimum atomic E-state index is 0.669. The van der Waals surface area contributed by atoms with Crippen LogP contribution in [0.1, 0.15) is 0 Å². The Kier molecular flexibility index (Phi) is 8.38. The van der Waals surface area contributed by atoms with Gasteiger partial charge in [-0.3, -0.25) is 10.9 Å². The molecule has 0 saturated heterocycles. The van der Waals surface area contributed by atoms with Crippen molar-refractivity contribution < 1.29 is 0 Å². The van der Waals surface area contributed by atoms with Gasteiger partial charge in [0.05, 0.1) is 27.2 Å². The summed E-state index contributed by atoms with van der Waals surface area (Å²) in [7, 11) is 3.22. The Bertz CT molecular complexity index is 143. The average Bonchev–Trinajstić information content (AvgIpc) is 2.10. The maximum atomic E-state index is 3.57. The van der Waals surface area contributed by atoms with Gasteiger partial charge in [0.2, 0.25) is 0 Å². The molecule has 0 saturated carbocycles. The van der Waals surface area contributed by atoms with E-state index in [0.717, 1.165) is 0 Å². The van der Waals surface area contributed by atoms with Gasteiger partial charge in [0.25, 0.3) is 0 Å². The van der Waals surface area contributed by atoms with E-state index < -0.39 is 0 Å². The van der Waals surface area contributed by atoms with E-state index in [1.54, 1.807) is 14.1 Å². The van der Waals surface area contributed by atoms with Crippen LogP contribution >= 0.6 is 0 Å². The van der Waals surface area contributed by atoms with Crippen LogP contribution in [0, 0.1) is 0 Å². The zero-order valence-electron chi connectivity index (χ0n) is 7.36. The van der Waals surface area contributed by atoms with Gasteiger partial charge in [0.1, 0.15) is 0 Å². The second kappa shape index (κ2) is 9.54. The van der Waals surface area contributed by atoms with Gasteiger partial charge < -0.3 is 0 Å².